The standard InChI is InChI=1S/C24H31BrO2/c1-5-18(2)15-24(16-19(3)23(26)27-4,21-11-7-6-8-12-21)22-13-9-10-20(14-22)17-25/h6-14,18-19H,5,15-17H2,1-4H3. The minimum Gasteiger partial charge on any atom is -0.469 e. The van der Waals surface area contributed by atoms with Crippen LogP contribution in [-0.4, -0.2) is 13.1 Å². The van der Waals surface area contributed by atoms with Crippen molar-refractivity contribution in [2.45, 2.75) is 50.8 Å². The zero-order valence-corrected chi connectivity index (χ0v) is 18.5. The molecule has 0 amide bonds. The molecule has 0 aliphatic rings. The van der Waals surface area contributed by atoms with E-state index in [-0.39, 0.29) is 17.3 Å². The van der Waals surface area contributed by atoms with Gasteiger partial charge in [0, 0.05) is 10.7 Å². The summed E-state index contributed by atoms with van der Waals surface area (Å²) in [5.41, 5.74) is 3.58. The van der Waals surface area contributed by atoms with Crippen LogP contribution in [0.5, 0.6) is 0 Å². The lowest BCUT2D eigenvalue weighted by Crippen LogP contribution is -2.34. The molecule has 3 atom stereocenters. The van der Waals surface area contributed by atoms with Gasteiger partial charge in [0.15, 0.2) is 0 Å². The highest BCUT2D eigenvalue weighted by molar-refractivity contribution is 9.08. The number of carbonyl (C=O) groups excluding carboxylic acids is 1. The molecule has 0 fully saturated rings. The Hall–Kier alpha value is -1.61. The summed E-state index contributed by atoms with van der Waals surface area (Å²) in [5, 5.41) is 0.821. The molecule has 0 heterocycles. The van der Waals surface area contributed by atoms with E-state index in [0.29, 0.717) is 5.92 Å². The molecule has 3 unspecified atom stereocenters. The van der Waals surface area contributed by atoms with Crippen molar-refractivity contribution in [3.05, 3.63) is 71.3 Å². The molecule has 0 spiro atoms. The monoisotopic (exact) mass is 430 g/mol. The Bertz CT molecular complexity index is 728. The number of rotatable bonds is 9. The maximum absolute atomic E-state index is 12.3. The summed E-state index contributed by atoms with van der Waals surface area (Å²) in [6.45, 7) is 6.52. The first-order valence-corrected chi connectivity index (χ1v) is 10.9. The SMILES string of the molecule is CCC(C)CC(CC(C)C(=O)OC)(c1ccccc1)c1cccc(CBr)c1. The van der Waals surface area contributed by atoms with Crippen molar-refractivity contribution in [1.29, 1.82) is 0 Å². The van der Waals surface area contributed by atoms with Gasteiger partial charge in [0.25, 0.3) is 0 Å². The van der Waals surface area contributed by atoms with Gasteiger partial charge < -0.3 is 4.74 Å². The van der Waals surface area contributed by atoms with E-state index in [1.165, 1.54) is 23.8 Å². The van der Waals surface area contributed by atoms with Crippen molar-refractivity contribution in [3.63, 3.8) is 0 Å². The predicted molar refractivity (Wildman–Crippen MR) is 116 cm³/mol. The third-order valence-electron chi connectivity index (χ3n) is 5.61. The molecule has 3 heteroatoms. The molecule has 2 nitrogen and oxygen atoms in total. The van der Waals surface area contributed by atoms with Crippen molar-refractivity contribution in [1.82, 2.24) is 0 Å². The maximum atomic E-state index is 12.3. The van der Waals surface area contributed by atoms with Crippen LogP contribution >= 0.6 is 15.9 Å². The molecule has 0 aliphatic heterocycles. The molecule has 2 aromatic rings. The fraction of sp³-hybridized carbons (Fsp3) is 0.458. The Morgan fingerprint density at radius 1 is 1.04 bits per heavy atom. The van der Waals surface area contributed by atoms with E-state index >= 15 is 0 Å². The molecule has 0 aromatic heterocycles. The van der Waals surface area contributed by atoms with Crippen molar-refractivity contribution in [2.24, 2.45) is 11.8 Å². The van der Waals surface area contributed by atoms with Crippen LogP contribution in [0, 0.1) is 11.8 Å². The van der Waals surface area contributed by atoms with E-state index in [1.807, 2.05) is 6.92 Å². The molecule has 27 heavy (non-hydrogen) atoms. The van der Waals surface area contributed by atoms with E-state index in [1.54, 1.807) is 0 Å². The van der Waals surface area contributed by atoms with Crippen LogP contribution in [0.1, 0.15) is 56.7 Å². The van der Waals surface area contributed by atoms with Gasteiger partial charge in [-0.25, -0.2) is 0 Å². The zero-order chi connectivity index (χ0) is 19.9. The molecule has 2 aromatic carbocycles. The Morgan fingerprint density at radius 3 is 2.30 bits per heavy atom. The van der Waals surface area contributed by atoms with Crippen LogP contribution in [0.15, 0.2) is 54.6 Å². The Labute approximate surface area is 172 Å². The number of hydrogen-bond acceptors (Lipinski definition) is 2. The summed E-state index contributed by atoms with van der Waals surface area (Å²) in [6, 6.07) is 19.4. The van der Waals surface area contributed by atoms with Crippen molar-refractivity contribution >= 4 is 21.9 Å². The second-order valence-electron chi connectivity index (χ2n) is 7.63. The van der Waals surface area contributed by atoms with Crippen LogP contribution < -0.4 is 0 Å². The molecule has 2 rings (SSSR count). The van der Waals surface area contributed by atoms with Gasteiger partial charge in [-0.05, 0) is 35.4 Å². The number of halogens is 1. The normalized spacial score (nSPS) is 15.6. The average molecular weight is 431 g/mol. The highest BCUT2D eigenvalue weighted by atomic mass is 79.9. The third-order valence-corrected chi connectivity index (χ3v) is 6.26. The summed E-state index contributed by atoms with van der Waals surface area (Å²) < 4.78 is 5.06. The maximum Gasteiger partial charge on any atom is 0.308 e. The Kier molecular flexibility index (Phi) is 8.09. The molecule has 0 radical (unpaired) electrons. The van der Waals surface area contributed by atoms with Crippen molar-refractivity contribution in [2.75, 3.05) is 7.11 Å². The summed E-state index contributed by atoms with van der Waals surface area (Å²) >= 11 is 3.59. The fourth-order valence-corrected chi connectivity index (χ4v) is 4.33. The second-order valence-corrected chi connectivity index (χ2v) is 8.19. The highest BCUT2D eigenvalue weighted by Gasteiger charge is 2.38. The molecule has 0 saturated carbocycles. The van der Waals surface area contributed by atoms with E-state index in [4.69, 9.17) is 4.74 Å². The van der Waals surface area contributed by atoms with Gasteiger partial charge in [0.1, 0.15) is 0 Å². The Morgan fingerprint density at radius 2 is 1.70 bits per heavy atom. The number of methoxy groups -OCH3 is 1. The molecule has 0 saturated heterocycles. The number of benzene rings is 2. The van der Waals surface area contributed by atoms with Crippen molar-refractivity contribution in [3.8, 4) is 0 Å². The van der Waals surface area contributed by atoms with Gasteiger partial charge in [-0.2, -0.15) is 0 Å². The van der Waals surface area contributed by atoms with E-state index in [9.17, 15) is 4.79 Å². The van der Waals surface area contributed by atoms with Gasteiger partial charge in [0.2, 0.25) is 0 Å². The lowest BCUT2D eigenvalue weighted by atomic mass is 9.64. The first-order chi connectivity index (χ1) is 13.0. The minimum absolute atomic E-state index is 0.142. The van der Waals surface area contributed by atoms with Crippen LogP contribution in [0.2, 0.25) is 0 Å². The third kappa shape index (κ3) is 5.22. The number of ether oxygens (including phenoxy) is 1. The summed E-state index contributed by atoms with van der Waals surface area (Å²) in [5.74, 6) is 0.227. The zero-order valence-electron chi connectivity index (χ0n) is 16.9. The number of carbonyl (C=O) groups is 1. The topological polar surface area (TPSA) is 26.3 Å². The fourth-order valence-electron chi connectivity index (χ4n) is 3.98. The molecule has 146 valence electrons. The number of alkyl halides is 1. The van der Waals surface area contributed by atoms with Gasteiger partial charge >= 0.3 is 5.97 Å². The molecule has 0 aliphatic carbocycles. The van der Waals surface area contributed by atoms with Crippen LogP contribution in [0.3, 0.4) is 0 Å². The largest absolute Gasteiger partial charge is 0.469 e. The van der Waals surface area contributed by atoms with Gasteiger partial charge in [-0.1, -0.05) is 97.7 Å². The predicted octanol–water partition coefficient (Wildman–Crippen LogP) is 6.50. The first-order valence-electron chi connectivity index (χ1n) is 9.75. The highest BCUT2D eigenvalue weighted by Crippen LogP contribution is 2.44. The van der Waals surface area contributed by atoms with Crippen LogP contribution in [0.25, 0.3) is 0 Å². The minimum atomic E-state index is -0.220. The Balaban J connectivity index is 2.65. The molecular weight excluding hydrogens is 400 g/mol. The summed E-state index contributed by atoms with van der Waals surface area (Å²) in [7, 11) is 1.48. The van der Waals surface area contributed by atoms with E-state index < -0.39 is 0 Å². The smallest absolute Gasteiger partial charge is 0.308 e. The number of esters is 1. The lowest BCUT2D eigenvalue weighted by Gasteiger charge is -2.39. The quantitative estimate of drug-likeness (QED) is 0.335. The van der Waals surface area contributed by atoms with Crippen LogP contribution in [0.4, 0.5) is 0 Å². The number of hydrogen-bond donors (Lipinski definition) is 0. The van der Waals surface area contributed by atoms with E-state index in [2.05, 4.69) is 84.4 Å². The van der Waals surface area contributed by atoms with Gasteiger partial charge in [-0.15, -0.1) is 0 Å². The van der Waals surface area contributed by atoms with Crippen LogP contribution in [-0.2, 0) is 20.3 Å². The van der Waals surface area contributed by atoms with E-state index in [0.717, 1.165) is 24.6 Å². The second kappa shape index (κ2) is 10.1. The summed E-state index contributed by atoms with van der Waals surface area (Å²) in [6.07, 6.45) is 2.85. The molecule has 0 bridgehead atoms. The van der Waals surface area contributed by atoms with Crippen molar-refractivity contribution < 1.29 is 9.53 Å². The summed E-state index contributed by atoms with van der Waals surface area (Å²) in [4.78, 5) is 12.3. The van der Waals surface area contributed by atoms with Gasteiger partial charge in [0.05, 0.1) is 13.0 Å². The molecule has 0 N–H and O–H groups in total. The lowest BCUT2D eigenvalue weighted by molar-refractivity contribution is -0.145. The average Bonchev–Trinajstić information content (AvgIpc) is 2.72. The first kappa shape index (κ1) is 21.7. The van der Waals surface area contributed by atoms with Gasteiger partial charge in [-0.3, -0.25) is 4.79 Å². The molecular formula is C24H31BrO2.